The van der Waals surface area contributed by atoms with Gasteiger partial charge in [-0.15, -0.1) is 0 Å². The minimum Gasteiger partial charge on any atom is -0.456 e. The van der Waals surface area contributed by atoms with Gasteiger partial charge >= 0.3 is 0 Å². The minimum atomic E-state index is -4.15. The highest BCUT2D eigenvalue weighted by Gasteiger charge is 2.19. The lowest BCUT2D eigenvalue weighted by Gasteiger charge is -2.13. The number of carbonyl (C=O) groups excluding carboxylic acids is 1. The summed E-state index contributed by atoms with van der Waals surface area (Å²) in [7, 11) is -4.15. The SMILES string of the molecule is Cc1ccc(Cl)c(CC(=O)Nc2ccc(Oc3cccc(Cl)c3)c(S(N)(=O)=O)c2)c1Cl. The van der Waals surface area contributed by atoms with Crippen molar-refractivity contribution in [3.63, 3.8) is 0 Å². The monoisotopic (exact) mass is 498 g/mol. The van der Waals surface area contributed by atoms with Crippen molar-refractivity contribution in [1.82, 2.24) is 0 Å². The van der Waals surface area contributed by atoms with E-state index in [0.717, 1.165) is 5.56 Å². The average molecular weight is 500 g/mol. The van der Waals surface area contributed by atoms with E-state index in [-0.39, 0.29) is 22.8 Å². The molecule has 6 nitrogen and oxygen atoms in total. The summed E-state index contributed by atoms with van der Waals surface area (Å²) < 4.78 is 29.8. The Labute approximate surface area is 194 Å². The second kappa shape index (κ2) is 9.46. The lowest BCUT2D eigenvalue weighted by atomic mass is 10.1. The van der Waals surface area contributed by atoms with Crippen molar-refractivity contribution in [2.75, 3.05) is 5.32 Å². The van der Waals surface area contributed by atoms with Gasteiger partial charge in [-0.1, -0.05) is 46.9 Å². The molecule has 0 radical (unpaired) electrons. The molecule has 0 heterocycles. The highest BCUT2D eigenvalue weighted by atomic mass is 35.5. The first-order valence-electron chi connectivity index (χ1n) is 8.88. The van der Waals surface area contributed by atoms with E-state index < -0.39 is 15.9 Å². The van der Waals surface area contributed by atoms with E-state index in [4.69, 9.17) is 44.7 Å². The molecule has 0 bridgehead atoms. The first-order valence-corrected chi connectivity index (χ1v) is 11.6. The van der Waals surface area contributed by atoms with Gasteiger partial charge in [0, 0.05) is 20.8 Å². The molecule has 0 saturated carbocycles. The van der Waals surface area contributed by atoms with Gasteiger partial charge in [-0.05, 0) is 60.5 Å². The number of aryl methyl sites for hydroxylation is 1. The molecule has 0 unspecified atom stereocenters. The molecule has 0 aliphatic rings. The lowest BCUT2D eigenvalue weighted by molar-refractivity contribution is -0.115. The first-order chi connectivity index (χ1) is 14.5. The van der Waals surface area contributed by atoms with E-state index in [9.17, 15) is 13.2 Å². The summed E-state index contributed by atoms with van der Waals surface area (Å²) in [6.07, 6.45) is -0.0924. The fraction of sp³-hybridized carbons (Fsp3) is 0.0952. The Balaban J connectivity index is 1.86. The van der Waals surface area contributed by atoms with Gasteiger partial charge in [0.1, 0.15) is 16.4 Å². The molecule has 0 saturated heterocycles. The van der Waals surface area contributed by atoms with Gasteiger partial charge in [-0.25, -0.2) is 13.6 Å². The van der Waals surface area contributed by atoms with Gasteiger partial charge < -0.3 is 10.1 Å². The highest BCUT2D eigenvalue weighted by molar-refractivity contribution is 7.89. The fourth-order valence-corrected chi connectivity index (χ4v) is 4.16. The molecule has 10 heteroatoms. The van der Waals surface area contributed by atoms with E-state index in [1.54, 1.807) is 37.3 Å². The molecule has 31 heavy (non-hydrogen) atoms. The number of amides is 1. The van der Waals surface area contributed by atoms with Gasteiger partial charge in [-0.2, -0.15) is 0 Å². The zero-order valence-electron chi connectivity index (χ0n) is 16.2. The zero-order valence-corrected chi connectivity index (χ0v) is 19.2. The van der Waals surface area contributed by atoms with Crippen molar-refractivity contribution in [2.24, 2.45) is 5.14 Å². The van der Waals surface area contributed by atoms with Crippen LogP contribution in [0.2, 0.25) is 15.1 Å². The summed E-state index contributed by atoms with van der Waals surface area (Å²) in [5, 5.41) is 9.15. The molecular weight excluding hydrogens is 483 g/mol. The molecule has 0 aromatic heterocycles. The Morgan fingerprint density at radius 1 is 1.06 bits per heavy atom. The van der Waals surface area contributed by atoms with Crippen molar-refractivity contribution in [3.8, 4) is 11.5 Å². The number of benzene rings is 3. The predicted molar refractivity (Wildman–Crippen MR) is 123 cm³/mol. The first kappa shape index (κ1) is 23.4. The van der Waals surface area contributed by atoms with Gasteiger partial charge in [0.2, 0.25) is 15.9 Å². The van der Waals surface area contributed by atoms with Crippen LogP contribution in [0.15, 0.2) is 59.5 Å². The summed E-state index contributed by atoms with van der Waals surface area (Å²) in [6.45, 7) is 1.80. The number of hydrogen-bond donors (Lipinski definition) is 2. The maximum Gasteiger partial charge on any atom is 0.241 e. The number of carbonyl (C=O) groups is 1. The molecule has 0 aliphatic carbocycles. The van der Waals surface area contributed by atoms with Crippen molar-refractivity contribution in [2.45, 2.75) is 18.2 Å². The molecule has 3 aromatic rings. The number of halogens is 3. The van der Waals surface area contributed by atoms with Crippen molar-refractivity contribution in [3.05, 3.63) is 80.8 Å². The molecular formula is C21H17Cl3N2O4S. The number of hydrogen-bond acceptors (Lipinski definition) is 4. The van der Waals surface area contributed by atoms with Crippen LogP contribution < -0.4 is 15.2 Å². The Bertz CT molecular complexity index is 1260. The van der Waals surface area contributed by atoms with E-state index in [0.29, 0.717) is 26.4 Å². The maximum absolute atomic E-state index is 12.5. The molecule has 3 N–H and O–H groups in total. The molecule has 162 valence electrons. The maximum atomic E-state index is 12.5. The number of nitrogens with one attached hydrogen (secondary N) is 1. The Hall–Kier alpha value is -2.29. The smallest absolute Gasteiger partial charge is 0.241 e. The standard InChI is InChI=1S/C21H17Cl3N2O4S/c1-12-5-7-17(23)16(21(12)24)11-20(27)26-14-6-8-18(19(10-14)31(25,28)29)30-15-4-2-3-13(22)9-15/h2-10H,11H2,1H3,(H,26,27)(H2,25,28,29). The number of anilines is 1. The Morgan fingerprint density at radius 3 is 2.48 bits per heavy atom. The van der Waals surface area contributed by atoms with E-state index in [1.807, 2.05) is 0 Å². The van der Waals surface area contributed by atoms with Crippen LogP contribution in [0.1, 0.15) is 11.1 Å². The van der Waals surface area contributed by atoms with Gasteiger partial charge in [0.15, 0.2) is 0 Å². The predicted octanol–water partition coefficient (Wildman–Crippen LogP) is 5.58. The van der Waals surface area contributed by atoms with Crippen LogP contribution in [0, 0.1) is 6.92 Å². The minimum absolute atomic E-state index is 0.00691. The topological polar surface area (TPSA) is 98.5 Å². The summed E-state index contributed by atoms with van der Waals surface area (Å²) in [4.78, 5) is 12.2. The third-order valence-electron chi connectivity index (χ3n) is 4.27. The zero-order chi connectivity index (χ0) is 22.8. The molecule has 3 aromatic carbocycles. The van der Waals surface area contributed by atoms with Crippen LogP contribution in [0.5, 0.6) is 11.5 Å². The largest absolute Gasteiger partial charge is 0.456 e. The lowest BCUT2D eigenvalue weighted by Crippen LogP contribution is -2.17. The molecule has 0 aliphatic heterocycles. The van der Waals surface area contributed by atoms with Crippen LogP contribution in [-0.2, 0) is 21.2 Å². The molecule has 0 atom stereocenters. The third kappa shape index (κ3) is 5.90. The van der Waals surface area contributed by atoms with Crippen LogP contribution >= 0.6 is 34.8 Å². The number of primary sulfonamides is 1. The summed E-state index contributed by atoms with van der Waals surface area (Å²) in [5.41, 5.74) is 1.48. The number of rotatable bonds is 6. The average Bonchev–Trinajstić information content (AvgIpc) is 2.69. The molecule has 1 amide bonds. The number of ether oxygens (including phenoxy) is 1. The Morgan fingerprint density at radius 2 is 1.81 bits per heavy atom. The molecule has 0 fully saturated rings. The number of nitrogens with two attached hydrogens (primary N) is 1. The van der Waals surface area contributed by atoms with Crippen molar-refractivity contribution in [1.29, 1.82) is 0 Å². The number of sulfonamides is 1. The molecule has 3 rings (SSSR count). The summed E-state index contributed by atoms with van der Waals surface area (Å²) >= 11 is 18.3. The van der Waals surface area contributed by atoms with Gasteiger partial charge in [0.05, 0.1) is 6.42 Å². The van der Waals surface area contributed by atoms with Crippen molar-refractivity contribution >= 4 is 56.4 Å². The van der Waals surface area contributed by atoms with Crippen LogP contribution in [0.4, 0.5) is 5.69 Å². The van der Waals surface area contributed by atoms with Crippen molar-refractivity contribution < 1.29 is 17.9 Å². The third-order valence-corrected chi connectivity index (χ3v) is 6.32. The molecule has 0 spiro atoms. The van der Waals surface area contributed by atoms with Gasteiger partial charge in [-0.3, -0.25) is 4.79 Å². The van der Waals surface area contributed by atoms with Crippen LogP contribution in [0.25, 0.3) is 0 Å². The van der Waals surface area contributed by atoms with Crippen LogP contribution in [-0.4, -0.2) is 14.3 Å². The second-order valence-electron chi connectivity index (χ2n) is 6.65. The summed E-state index contributed by atoms with van der Waals surface area (Å²) in [6, 6.07) is 14.0. The quantitative estimate of drug-likeness (QED) is 0.463. The van der Waals surface area contributed by atoms with E-state index in [1.165, 1.54) is 24.3 Å². The Kier molecular flexibility index (Phi) is 7.13. The van der Waals surface area contributed by atoms with E-state index >= 15 is 0 Å². The second-order valence-corrected chi connectivity index (χ2v) is 9.40. The highest BCUT2D eigenvalue weighted by Crippen LogP contribution is 2.32. The van der Waals surface area contributed by atoms with E-state index in [2.05, 4.69) is 5.32 Å². The fourth-order valence-electron chi connectivity index (χ4n) is 2.79. The van der Waals surface area contributed by atoms with Gasteiger partial charge in [0.25, 0.3) is 0 Å². The normalized spacial score (nSPS) is 11.3. The summed E-state index contributed by atoms with van der Waals surface area (Å²) in [5.74, 6) is -0.108. The van der Waals surface area contributed by atoms with Crippen LogP contribution in [0.3, 0.4) is 0 Å².